The molecule has 5 rings (SSSR count). The van der Waals surface area contributed by atoms with Crippen molar-refractivity contribution in [2.45, 2.75) is 46.0 Å². The highest BCUT2D eigenvalue weighted by molar-refractivity contribution is 8.14. The number of nitrogens with zero attached hydrogens (tertiary/aromatic N) is 6. The molecule has 1 aromatic heterocycles. The molecule has 1 unspecified atom stereocenters. The topological polar surface area (TPSA) is 79.9 Å². The van der Waals surface area contributed by atoms with E-state index in [1.807, 2.05) is 24.3 Å². The van der Waals surface area contributed by atoms with E-state index in [9.17, 15) is 13.2 Å². The van der Waals surface area contributed by atoms with E-state index >= 15 is 0 Å². The lowest BCUT2D eigenvalue weighted by atomic mass is 9.98. The zero-order chi connectivity index (χ0) is 31.4. The van der Waals surface area contributed by atoms with Gasteiger partial charge in [0.05, 0.1) is 11.9 Å². The third kappa shape index (κ3) is 7.64. The van der Waals surface area contributed by atoms with Gasteiger partial charge in [0, 0.05) is 23.0 Å². The zero-order valence-electron chi connectivity index (χ0n) is 24.4. The predicted molar refractivity (Wildman–Crippen MR) is 174 cm³/mol. The Labute approximate surface area is 263 Å². The number of rotatable bonds is 7. The average Bonchev–Trinajstić information content (AvgIpc) is 3.60. The van der Waals surface area contributed by atoms with E-state index in [4.69, 9.17) is 12.2 Å². The third-order valence-electron chi connectivity index (χ3n) is 6.73. The zero-order valence-corrected chi connectivity index (χ0v) is 26.0. The van der Waals surface area contributed by atoms with Gasteiger partial charge in [-0.25, -0.2) is 9.67 Å². The van der Waals surface area contributed by atoms with Gasteiger partial charge in [0.2, 0.25) is 5.11 Å². The smallest absolute Gasteiger partial charge is 0.406 e. The number of aliphatic imine (C=N–C) groups is 1. The van der Waals surface area contributed by atoms with Crippen LogP contribution in [0.5, 0.6) is 5.75 Å². The molecule has 1 aliphatic rings. The first kappa shape index (κ1) is 31.2. The van der Waals surface area contributed by atoms with E-state index in [0.29, 0.717) is 17.4 Å². The van der Waals surface area contributed by atoms with Crippen LogP contribution in [-0.2, 0) is 0 Å². The molecule has 1 aliphatic heterocycles. The van der Waals surface area contributed by atoms with Crippen LogP contribution in [0.2, 0.25) is 0 Å². The number of hydrazone groups is 1. The second-order valence-corrected chi connectivity index (χ2v) is 11.9. The summed E-state index contributed by atoms with van der Waals surface area (Å²) >= 11 is 7.16. The SMILES string of the molecule is Cc1ccc(N2C(=NC(=S)N/N=C/c3ccc(-c4ncn(-c5ccc(OC(F)(F)F)cc5)n4)cc3)SCC2C)c(C(C)C)c1. The Kier molecular flexibility index (Phi) is 9.35. The molecule has 4 aromatic rings. The molecule has 0 radical (unpaired) electrons. The van der Waals surface area contributed by atoms with Crippen LogP contribution in [0, 0.1) is 6.92 Å². The van der Waals surface area contributed by atoms with E-state index < -0.39 is 6.36 Å². The number of hydrogen-bond acceptors (Lipinski definition) is 6. The lowest BCUT2D eigenvalue weighted by Crippen LogP contribution is -2.33. The van der Waals surface area contributed by atoms with Crippen molar-refractivity contribution in [2.24, 2.45) is 10.1 Å². The second-order valence-electron chi connectivity index (χ2n) is 10.5. The Bertz CT molecular complexity index is 1680. The molecule has 228 valence electrons. The van der Waals surface area contributed by atoms with Gasteiger partial charge in [0.1, 0.15) is 12.1 Å². The Balaban J connectivity index is 1.21. The van der Waals surface area contributed by atoms with Crippen LogP contribution in [0.1, 0.15) is 43.4 Å². The van der Waals surface area contributed by atoms with Gasteiger partial charge in [0.15, 0.2) is 11.0 Å². The summed E-state index contributed by atoms with van der Waals surface area (Å²) in [6, 6.07) is 19.6. The van der Waals surface area contributed by atoms with Gasteiger partial charge in [-0.2, -0.15) is 10.1 Å². The summed E-state index contributed by atoms with van der Waals surface area (Å²) in [6.45, 7) is 8.69. The Morgan fingerprint density at radius 1 is 1.11 bits per heavy atom. The highest BCUT2D eigenvalue weighted by Gasteiger charge is 2.31. The number of halogens is 3. The summed E-state index contributed by atoms with van der Waals surface area (Å²) in [5.74, 6) is 1.44. The van der Waals surface area contributed by atoms with Gasteiger partial charge in [-0.3, -0.25) is 5.43 Å². The normalized spacial score (nSPS) is 16.3. The predicted octanol–water partition coefficient (Wildman–Crippen LogP) is 7.47. The Morgan fingerprint density at radius 2 is 1.84 bits per heavy atom. The van der Waals surface area contributed by atoms with E-state index in [0.717, 1.165) is 27.7 Å². The van der Waals surface area contributed by atoms with Crippen molar-refractivity contribution in [1.29, 1.82) is 0 Å². The molecule has 3 aromatic carbocycles. The highest BCUT2D eigenvalue weighted by atomic mass is 32.2. The number of thioether (sulfide) groups is 1. The Hall–Kier alpha value is -4.23. The number of amidine groups is 1. The molecule has 1 saturated heterocycles. The largest absolute Gasteiger partial charge is 0.573 e. The molecule has 44 heavy (non-hydrogen) atoms. The maximum atomic E-state index is 12.4. The summed E-state index contributed by atoms with van der Waals surface area (Å²) in [7, 11) is 0. The summed E-state index contributed by atoms with van der Waals surface area (Å²) in [5, 5.41) is 9.81. The van der Waals surface area contributed by atoms with Crippen molar-refractivity contribution < 1.29 is 17.9 Å². The van der Waals surface area contributed by atoms with Gasteiger partial charge in [-0.15, -0.1) is 18.3 Å². The number of anilines is 1. The van der Waals surface area contributed by atoms with Crippen LogP contribution < -0.4 is 15.1 Å². The van der Waals surface area contributed by atoms with Gasteiger partial charge < -0.3 is 9.64 Å². The van der Waals surface area contributed by atoms with Crippen molar-refractivity contribution in [3.63, 3.8) is 0 Å². The van der Waals surface area contributed by atoms with Gasteiger partial charge in [0.25, 0.3) is 0 Å². The Morgan fingerprint density at radius 3 is 2.52 bits per heavy atom. The van der Waals surface area contributed by atoms with Crippen molar-refractivity contribution in [1.82, 2.24) is 20.2 Å². The maximum absolute atomic E-state index is 12.4. The molecule has 1 fully saturated rings. The van der Waals surface area contributed by atoms with Crippen molar-refractivity contribution >= 4 is 46.2 Å². The summed E-state index contributed by atoms with van der Waals surface area (Å²) < 4.78 is 42.6. The lowest BCUT2D eigenvalue weighted by molar-refractivity contribution is -0.274. The number of benzene rings is 3. The standard InChI is InChI=1S/C31H30F3N7OS2/c1-19(2)26-15-20(3)5-14-27(26)41-21(4)17-44-30(41)37-29(43)38-36-16-22-6-8-23(9-7-22)28-35-18-40(39-28)24-10-12-25(13-11-24)42-31(32,33)34/h5-16,18-19,21H,17H2,1-4H3,(H,38,43)/b36-16+,37-30?. The fraction of sp³-hybridized carbons (Fsp3) is 0.258. The molecule has 8 nitrogen and oxygen atoms in total. The third-order valence-corrected chi connectivity index (χ3v) is 8.11. The number of hydrogen-bond donors (Lipinski definition) is 1. The molecule has 1 atom stereocenters. The van der Waals surface area contributed by atoms with Crippen molar-refractivity contribution in [3.8, 4) is 22.8 Å². The monoisotopic (exact) mass is 637 g/mol. The number of thiocarbonyl (C=S) groups is 1. The van der Waals surface area contributed by atoms with Crippen molar-refractivity contribution in [2.75, 3.05) is 10.7 Å². The molecule has 0 amide bonds. The van der Waals surface area contributed by atoms with E-state index in [2.05, 4.69) is 81.1 Å². The van der Waals surface area contributed by atoms with Crippen molar-refractivity contribution in [3.05, 3.63) is 89.7 Å². The molecule has 0 bridgehead atoms. The summed E-state index contributed by atoms with van der Waals surface area (Å²) in [4.78, 5) is 11.2. The van der Waals surface area contributed by atoms with Gasteiger partial charge in [-0.1, -0.05) is 67.6 Å². The molecule has 0 aliphatic carbocycles. The van der Waals surface area contributed by atoms with Gasteiger partial charge in [-0.05, 0) is 73.4 Å². The molecule has 2 heterocycles. The second kappa shape index (κ2) is 13.2. The lowest BCUT2D eigenvalue weighted by Gasteiger charge is -2.27. The number of aromatic nitrogens is 3. The summed E-state index contributed by atoms with van der Waals surface area (Å²) in [6.07, 6.45) is -1.61. The number of aryl methyl sites for hydroxylation is 1. The van der Waals surface area contributed by atoms with E-state index in [-0.39, 0.29) is 16.9 Å². The minimum absolute atomic E-state index is 0.269. The average molecular weight is 638 g/mol. The van der Waals surface area contributed by atoms with Crippen LogP contribution in [0.15, 0.2) is 83.2 Å². The van der Waals surface area contributed by atoms with Crippen LogP contribution in [0.4, 0.5) is 18.9 Å². The number of alkyl halides is 3. The van der Waals surface area contributed by atoms with Crippen LogP contribution >= 0.6 is 24.0 Å². The first-order valence-electron chi connectivity index (χ1n) is 13.8. The quantitative estimate of drug-likeness (QED) is 0.128. The number of ether oxygens (including phenoxy) is 1. The van der Waals surface area contributed by atoms with E-state index in [1.54, 1.807) is 18.0 Å². The van der Waals surface area contributed by atoms with Crippen LogP contribution in [0.3, 0.4) is 0 Å². The fourth-order valence-corrected chi connectivity index (χ4v) is 5.93. The molecule has 13 heteroatoms. The number of nitrogens with one attached hydrogen (secondary N) is 1. The first-order valence-corrected chi connectivity index (χ1v) is 15.2. The highest BCUT2D eigenvalue weighted by Crippen LogP contribution is 2.36. The summed E-state index contributed by atoms with van der Waals surface area (Å²) in [5.41, 5.74) is 8.64. The van der Waals surface area contributed by atoms with Crippen LogP contribution in [0.25, 0.3) is 17.1 Å². The minimum Gasteiger partial charge on any atom is -0.406 e. The molecule has 0 saturated carbocycles. The van der Waals surface area contributed by atoms with Crippen LogP contribution in [-0.4, -0.2) is 49.4 Å². The molecule has 1 N–H and O–H groups in total. The maximum Gasteiger partial charge on any atom is 0.573 e. The molecular formula is C31H30F3N7OS2. The van der Waals surface area contributed by atoms with Gasteiger partial charge >= 0.3 is 6.36 Å². The molecule has 0 spiro atoms. The molecular weight excluding hydrogens is 608 g/mol. The minimum atomic E-state index is -4.75. The fourth-order valence-electron chi connectivity index (χ4n) is 4.62. The first-order chi connectivity index (χ1) is 21.0. The van der Waals surface area contributed by atoms with E-state index in [1.165, 1.54) is 46.4 Å².